The molecule has 0 atom stereocenters. The number of aromatic nitrogens is 3. The standard InChI is InChI=1S/C28H17F7N4O/c29-21-6-3-15(11-23-18(2-1-8-36-23)25-26-22(7-9-37-26)38-14-39-25)10-16(21)12-24(40)19-13-17(27(30,31)32)4-5-20(19)28(33,34)35/h1-6,8-10,13-14H,7,11-12H2. The zero-order valence-corrected chi connectivity index (χ0v) is 20.3. The lowest BCUT2D eigenvalue weighted by atomic mass is 9.94. The van der Waals surface area contributed by atoms with Gasteiger partial charge in [-0.15, -0.1) is 0 Å². The van der Waals surface area contributed by atoms with Crippen molar-refractivity contribution in [3.8, 4) is 11.3 Å². The maximum Gasteiger partial charge on any atom is 0.417 e. The van der Waals surface area contributed by atoms with Crippen molar-refractivity contribution in [1.82, 2.24) is 15.0 Å². The van der Waals surface area contributed by atoms with Gasteiger partial charge in [-0.3, -0.25) is 14.8 Å². The first kappa shape index (κ1) is 27.1. The summed E-state index contributed by atoms with van der Waals surface area (Å²) in [7, 11) is 0. The number of benzene rings is 2. The van der Waals surface area contributed by atoms with Crippen molar-refractivity contribution in [1.29, 1.82) is 0 Å². The smallest absolute Gasteiger partial charge is 0.294 e. The van der Waals surface area contributed by atoms with Crippen molar-refractivity contribution >= 4 is 17.7 Å². The molecule has 204 valence electrons. The molecule has 3 heterocycles. The van der Waals surface area contributed by atoms with Gasteiger partial charge in [0.15, 0.2) is 5.78 Å². The van der Waals surface area contributed by atoms with E-state index in [-0.39, 0.29) is 30.2 Å². The predicted octanol–water partition coefficient (Wildman–Crippen LogP) is 6.99. The number of alkyl halides is 6. The van der Waals surface area contributed by atoms with Crippen LogP contribution in [0.2, 0.25) is 0 Å². The van der Waals surface area contributed by atoms with Crippen LogP contribution in [0.3, 0.4) is 0 Å². The van der Waals surface area contributed by atoms with Crippen molar-refractivity contribution in [3.05, 3.63) is 106 Å². The zero-order valence-electron chi connectivity index (χ0n) is 20.3. The highest BCUT2D eigenvalue weighted by Gasteiger charge is 2.38. The summed E-state index contributed by atoms with van der Waals surface area (Å²) in [5.41, 5.74) is -0.856. The Morgan fingerprint density at radius 2 is 1.70 bits per heavy atom. The predicted molar refractivity (Wildman–Crippen MR) is 131 cm³/mol. The van der Waals surface area contributed by atoms with E-state index in [0.29, 0.717) is 34.6 Å². The molecular formula is C28H17F7N4O. The average molecular weight is 558 g/mol. The number of halogens is 7. The molecule has 12 heteroatoms. The van der Waals surface area contributed by atoms with Crippen LogP contribution in [-0.4, -0.2) is 26.9 Å². The summed E-state index contributed by atoms with van der Waals surface area (Å²) in [5.74, 6) is -2.19. The molecule has 5 rings (SSSR count). The molecule has 40 heavy (non-hydrogen) atoms. The Kier molecular flexibility index (Phi) is 6.94. The summed E-state index contributed by atoms with van der Waals surface area (Å²) in [5, 5.41) is 0. The highest BCUT2D eigenvalue weighted by Crippen LogP contribution is 2.38. The van der Waals surface area contributed by atoms with E-state index in [1.807, 2.05) is 0 Å². The molecule has 2 aromatic heterocycles. The van der Waals surface area contributed by atoms with Crippen LogP contribution in [0.1, 0.15) is 44.0 Å². The molecule has 0 saturated carbocycles. The van der Waals surface area contributed by atoms with Gasteiger partial charge in [0.2, 0.25) is 0 Å². The third-order valence-electron chi connectivity index (χ3n) is 6.33. The minimum Gasteiger partial charge on any atom is -0.294 e. The quantitative estimate of drug-likeness (QED) is 0.189. The molecule has 1 aliphatic heterocycles. The summed E-state index contributed by atoms with van der Waals surface area (Å²) < 4.78 is 94.6. The van der Waals surface area contributed by atoms with Gasteiger partial charge < -0.3 is 0 Å². The second-order valence-electron chi connectivity index (χ2n) is 8.99. The molecule has 0 saturated heterocycles. The Morgan fingerprint density at radius 1 is 0.900 bits per heavy atom. The lowest BCUT2D eigenvalue weighted by Gasteiger charge is -2.15. The third-order valence-corrected chi connectivity index (χ3v) is 6.33. The van der Waals surface area contributed by atoms with Gasteiger partial charge >= 0.3 is 12.4 Å². The fraction of sp³-hybridized carbons (Fsp3) is 0.179. The molecule has 0 fully saturated rings. The number of ketones is 1. The SMILES string of the molecule is O=C(Cc1cc(Cc2ncccc2-c2ncnc3c2N=CC3)ccc1F)c1cc(C(F)(F)F)ccc1C(F)(F)F. The number of hydrogen-bond acceptors (Lipinski definition) is 5. The van der Waals surface area contributed by atoms with Crippen molar-refractivity contribution in [2.45, 2.75) is 31.6 Å². The van der Waals surface area contributed by atoms with E-state index in [1.165, 1.54) is 18.5 Å². The Balaban J connectivity index is 1.47. The number of carbonyl (C=O) groups is 1. The van der Waals surface area contributed by atoms with Gasteiger partial charge in [-0.1, -0.05) is 12.1 Å². The normalized spacial score (nSPS) is 13.0. The fourth-order valence-electron chi connectivity index (χ4n) is 4.45. The van der Waals surface area contributed by atoms with E-state index >= 15 is 0 Å². The van der Waals surface area contributed by atoms with Gasteiger partial charge in [-0.2, -0.15) is 26.3 Å². The van der Waals surface area contributed by atoms with E-state index in [2.05, 4.69) is 19.9 Å². The van der Waals surface area contributed by atoms with Crippen molar-refractivity contribution < 1.29 is 35.5 Å². The number of pyridine rings is 1. The minimum atomic E-state index is -5.09. The second-order valence-corrected chi connectivity index (χ2v) is 8.99. The number of hydrogen-bond donors (Lipinski definition) is 0. The number of aliphatic imine (C=N–C) groups is 1. The van der Waals surface area contributed by atoms with Crippen molar-refractivity contribution in [2.24, 2.45) is 4.99 Å². The number of rotatable bonds is 6. The van der Waals surface area contributed by atoms with Crippen LogP contribution in [0.5, 0.6) is 0 Å². The first-order valence-electron chi connectivity index (χ1n) is 11.8. The van der Waals surface area contributed by atoms with Crippen LogP contribution in [0.4, 0.5) is 36.4 Å². The Labute approximate surface area is 222 Å². The molecule has 1 aliphatic rings. The lowest BCUT2D eigenvalue weighted by molar-refractivity contribution is -0.141. The van der Waals surface area contributed by atoms with Crippen LogP contribution < -0.4 is 0 Å². The van der Waals surface area contributed by atoms with E-state index in [4.69, 9.17) is 0 Å². The van der Waals surface area contributed by atoms with Crippen molar-refractivity contribution in [2.75, 3.05) is 0 Å². The number of nitrogens with zero attached hydrogens (tertiary/aromatic N) is 4. The fourth-order valence-corrected chi connectivity index (χ4v) is 4.45. The van der Waals surface area contributed by atoms with Crippen LogP contribution in [0.25, 0.3) is 11.3 Å². The molecule has 2 aromatic carbocycles. The number of fused-ring (bicyclic) bond motifs is 1. The monoisotopic (exact) mass is 558 g/mol. The van der Waals surface area contributed by atoms with Crippen LogP contribution in [0.15, 0.2) is 66.0 Å². The van der Waals surface area contributed by atoms with Crippen LogP contribution >= 0.6 is 0 Å². The Hall–Kier alpha value is -4.48. The van der Waals surface area contributed by atoms with Gasteiger partial charge in [0.25, 0.3) is 0 Å². The van der Waals surface area contributed by atoms with Crippen LogP contribution in [0, 0.1) is 5.82 Å². The summed E-state index contributed by atoms with van der Waals surface area (Å²) >= 11 is 0. The zero-order chi connectivity index (χ0) is 28.7. The topological polar surface area (TPSA) is 68.1 Å². The summed E-state index contributed by atoms with van der Waals surface area (Å²) in [4.78, 5) is 30.1. The summed E-state index contributed by atoms with van der Waals surface area (Å²) in [6.45, 7) is 0. The second kappa shape index (κ2) is 10.2. The van der Waals surface area contributed by atoms with E-state index in [1.54, 1.807) is 24.5 Å². The van der Waals surface area contributed by atoms with Gasteiger partial charge in [0, 0.05) is 42.8 Å². The molecular weight excluding hydrogens is 541 g/mol. The van der Waals surface area contributed by atoms with Gasteiger partial charge in [0.1, 0.15) is 23.5 Å². The molecule has 0 unspecified atom stereocenters. The number of carbonyl (C=O) groups excluding carboxylic acids is 1. The summed E-state index contributed by atoms with van der Waals surface area (Å²) in [6.07, 6.45) is -5.59. The Morgan fingerprint density at radius 3 is 2.45 bits per heavy atom. The third kappa shape index (κ3) is 5.47. The molecule has 0 radical (unpaired) electrons. The molecule has 0 amide bonds. The van der Waals surface area contributed by atoms with Gasteiger partial charge in [0.05, 0.1) is 22.5 Å². The number of Topliss-reactive ketones (excluding diaryl/α,β-unsaturated/α-hetero) is 1. The molecule has 0 aliphatic carbocycles. The van der Waals surface area contributed by atoms with E-state index in [9.17, 15) is 35.5 Å². The van der Waals surface area contributed by atoms with Crippen LogP contribution in [-0.2, 0) is 31.6 Å². The molecule has 0 bridgehead atoms. The first-order chi connectivity index (χ1) is 18.9. The molecule has 0 spiro atoms. The maximum atomic E-state index is 14.7. The van der Waals surface area contributed by atoms with Crippen molar-refractivity contribution in [3.63, 3.8) is 0 Å². The van der Waals surface area contributed by atoms with E-state index < -0.39 is 47.1 Å². The Bertz CT molecular complexity index is 1640. The maximum absolute atomic E-state index is 14.7. The molecule has 5 nitrogen and oxygen atoms in total. The minimum absolute atomic E-state index is 0.136. The highest BCUT2D eigenvalue weighted by molar-refractivity contribution is 5.99. The molecule has 4 aromatic rings. The van der Waals surface area contributed by atoms with Gasteiger partial charge in [-0.25, -0.2) is 14.4 Å². The molecule has 0 N–H and O–H groups in total. The van der Waals surface area contributed by atoms with Gasteiger partial charge in [-0.05, 0) is 47.5 Å². The average Bonchev–Trinajstić information content (AvgIpc) is 3.39. The highest BCUT2D eigenvalue weighted by atomic mass is 19.4. The first-order valence-corrected chi connectivity index (χ1v) is 11.8. The lowest BCUT2D eigenvalue weighted by Crippen LogP contribution is -2.17. The largest absolute Gasteiger partial charge is 0.417 e. The van der Waals surface area contributed by atoms with E-state index in [0.717, 1.165) is 11.8 Å². The summed E-state index contributed by atoms with van der Waals surface area (Å²) in [6, 6.07) is 7.85.